The SMILES string of the molecule is CCCCn1cc[n+](Cc2ccc(C(C)CC(CC)C(=O)N3CCOCC3)cc2)c1. The van der Waals surface area contributed by atoms with Crippen molar-refractivity contribution in [1.29, 1.82) is 0 Å². The number of imidazole rings is 1. The van der Waals surface area contributed by atoms with E-state index < -0.39 is 0 Å². The number of morpholine rings is 1. The molecule has 2 atom stereocenters. The van der Waals surface area contributed by atoms with Gasteiger partial charge in [0, 0.05) is 19.0 Å². The molecule has 1 aromatic carbocycles. The van der Waals surface area contributed by atoms with Crippen molar-refractivity contribution < 1.29 is 14.1 Å². The number of rotatable bonds is 10. The molecular weight excluding hydrogens is 374 g/mol. The minimum Gasteiger partial charge on any atom is -0.378 e. The van der Waals surface area contributed by atoms with E-state index >= 15 is 0 Å². The van der Waals surface area contributed by atoms with Crippen molar-refractivity contribution in [3.8, 4) is 0 Å². The third kappa shape index (κ3) is 6.18. The van der Waals surface area contributed by atoms with Crippen molar-refractivity contribution >= 4 is 5.91 Å². The first-order valence-electron chi connectivity index (χ1n) is 11.6. The fraction of sp³-hybridized carbons (Fsp3) is 0.600. The van der Waals surface area contributed by atoms with Gasteiger partial charge in [0.2, 0.25) is 12.2 Å². The Morgan fingerprint density at radius 1 is 1.17 bits per heavy atom. The van der Waals surface area contributed by atoms with Crippen molar-refractivity contribution in [2.75, 3.05) is 26.3 Å². The first-order valence-corrected chi connectivity index (χ1v) is 11.6. The third-order valence-electron chi connectivity index (χ3n) is 6.23. The molecule has 2 aromatic rings. The highest BCUT2D eigenvalue weighted by Gasteiger charge is 2.26. The number of aromatic nitrogens is 2. The smallest absolute Gasteiger partial charge is 0.244 e. The number of unbranched alkanes of at least 4 members (excludes halogenated alkanes) is 1. The molecule has 5 heteroatoms. The number of aryl methyl sites for hydroxylation is 1. The highest BCUT2D eigenvalue weighted by atomic mass is 16.5. The predicted octanol–water partition coefficient (Wildman–Crippen LogP) is 4.00. The quantitative estimate of drug-likeness (QED) is 0.553. The Labute approximate surface area is 181 Å². The van der Waals surface area contributed by atoms with Gasteiger partial charge >= 0.3 is 0 Å². The van der Waals surface area contributed by atoms with Crippen LogP contribution >= 0.6 is 0 Å². The lowest BCUT2D eigenvalue weighted by Gasteiger charge is -2.31. The molecule has 3 rings (SSSR count). The molecule has 30 heavy (non-hydrogen) atoms. The Morgan fingerprint density at radius 3 is 2.57 bits per heavy atom. The lowest BCUT2D eigenvalue weighted by atomic mass is 9.87. The number of hydrogen-bond acceptors (Lipinski definition) is 2. The zero-order valence-electron chi connectivity index (χ0n) is 18.9. The number of nitrogens with zero attached hydrogens (tertiary/aromatic N) is 3. The molecule has 164 valence electrons. The first kappa shape index (κ1) is 22.5. The molecule has 0 aliphatic carbocycles. The largest absolute Gasteiger partial charge is 0.378 e. The molecular formula is C25H38N3O2+. The number of benzene rings is 1. The Kier molecular flexibility index (Phi) is 8.50. The fourth-order valence-electron chi connectivity index (χ4n) is 4.21. The van der Waals surface area contributed by atoms with Gasteiger partial charge in [0.25, 0.3) is 0 Å². The van der Waals surface area contributed by atoms with Crippen LogP contribution < -0.4 is 4.57 Å². The van der Waals surface area contributed by atoms with Crippen LogP contribution in [-0.2, 0) is 22.6 Å². The average molecular weight is 413 g/mol. The van der Waals surface area contributed by atoms with Gasteiger partial charge in [-0.25, -0.2) is 9.13 Å². The maximum atomic E-state index is 12.9. The van der Waals surface area contributed by atoms with Crippen LogP contribution in [0.15, 0.2) is 43.0 Å². The zero-order valence-corrected chi connectivity index (χ0v) is 18.9. The lowest BCUT2D eigenvalue weighted by Crippen LogP contribution is -2.43. The van der Waals surface area contributed by atoms with E-state index in [1.807, 2.05) is 4.90 Å². The van der Waals surface area contributed by atoms with Crippen molar-refractivity contribution in [2.45, 2.75) is 65.5 Å². The number of amides is 1. The van der Waals surface area contributed by atoms with E-state index in [9.17, 15) is 4.79 Å². The number of carbonyl (C=O) groups excluding carboxylic acids is 1. The van der Waals surface area contributed by atoms with E-state index in [0.717, 1.165) is 39.0 Å². The summed E-state index contributed by atoms with van der Waals surface area (Å²) in [4.78, 5) is 14.9. The standard InChI is InChI=1S/C25H38N3O2/c1-4-6-11-26-12-13-27(20-26)19-22-7-9-24(10-8-22)21(3)18-23(5-2)25(29)28-14-16-30-17-15-28/h7-10,12-13,20-21,23H,4-6,11,14-19H2,1-3H3/q+1. The molecule has 0 radical (unpaired) electrons. The van der Waals surface area contributed by atoms with Crippen LogP contribution in [-0.4, -0.2) is 41.7 Å². The summed E-state index contributed by atoms with van der Waals surface area (Å²) in [5.41, 5.74) is 2.62. The van der Waals surface area contributed by atoms with Gasteiger partial charge < -0.3 is 9.64 Å². The van der Waals surface area contributed by atoms with Gasteiger partial charge in [0.15, 0.2) is 0 Å². The molecule has 1 aliphatic heterocycles. The van der Waals surface area contributed by atoms with Gasteiger partial charge in [0.1, 0.15) is 18.9 Å². The normalized spacial score (nSPS) is 16.4. The van der Waals surface area contributed by atoms with E-state index in [-0.39, 0.29) is 5.92 Å². The second-order valence-corrected chi connectivity index (χ2v) is 8.60. The average Bonchev–Trinajstić information content (AvgIpc) is 3.23. The van der Waals surface area contributed by atoms with Crippen LogP contribution in [0.4, 0.5) is 0 Å². The second-order valence-electron chi connectivity index (χ2n) is 8.60. The van der Waals surface area contributed by atoms with Crippen molar-refractivity contribution in [2.24, 2.45) is 5.92 Å². The maximum Gasteiger partial charge on any atom is 0.244 e. The molecule has 1 aromatic heterocycles. The first-order chi connectivity index (χ1) is 14.6. The van der Waals surface area contributed by atoms with Crippen LogP contribution in [0, 0.1) is 5.92 Å². The predicted molar refractivity (Wildman–Crippen MR) is 119 cm³/mol. The molecule has 2 heterocycles. The molecule has 0 bridgehead atoms. The zero-order chi connectivity index (χ0) is 21.3. The van der Waals surface area contributed by atoms with Gasteiger partial charge in [-0.3, -0.25) is 4.79 Å². The number of ether oxygens (including phenoxy) is 1. The molecule has 0 N–H and O–H groups in total. The Hall–Kier alpha value is -2.14. The van der Waals surface area contributed by atoms with E-state index in [1.54, 1.807) is 0 Å². The molecule has 5 nitrogen and oxygen atoms in total. The highest BCUT2D eigenvalue weighted by Crippen LogP contribution is 2.27. The van der Waals surface area contributed by atoms with Crippen molar-refractivity contribution in [3.05, 3.63) is 54.1 Å². The summed E-state index contributed by atoms with van der Waals surface area (Å²) in [5.74, 6) is 0.765. The number of hydrogen-bond donors (Lipinski definition) is 0. The summed E-state index contributed by atoms with van der Waals surface area (Å²) in [6.07, 6.45) is 10.7. The monoisotopic (exact) mass is 412 g/mol. The highest BCUT2D eigenvalue weighted by molar-refractivity contribution is 5.79. The molecule has 1 saturated heterocycles. The van der Waals surface area contributed by atoms with Gasteiger partial charge in [0.05, 0.1) is 19.8 Å². The molecule has 1 amide bonds. The Balaban J connectivity index is 1.55. The second kappa shape index (κ2) is 11.3. The lowest BCUT2D eigenvalue weighted by molar-refractivity contribution is -0.687. The van der Waals surface area contributed by atoms with Crippen LogP contribution in [0.25, 0.3) is 0 Å². The van der Waals surface area contributed by atoms with Crippen LogP contribution in [0.2, 0.25) is 0 Å². The minimum atomic E-state index is 0.0937. The maximum absolute atomic E-state index is 12.9. The molecule has 2 unspecified atom stereocenters. The van der Waals surface area contributed by atoms with E-state index in [4.69, 9.17) is 4.74 Å². The van der Waals surface area contributed by atoms with Crippen LogP contribution in [0.5, 0.6) is 0 Å². The van der Waals surface area contributed by atoms with Crippen LogP contribution in [0.1, 0.15) is 63.5 Å². The van der Waals surface area contributed by atoms with Gasteiger partial charge in [-0.1, -0.05) is 51.5 Å². The van der Waals surface area contributed by atoms with Gasteiger partial charge in [-0.05, 0) is 36.3 Å². The van der Waals surface area contributed by atoms with E-state index in [0.29, 0.717) is 25.0 Å². The molecule has 0 spiro atoms. The summed E-state index contributed by atoms with van der Waals surface area (Å²) in [5, 5.41) is 0. The topological polar surface area (TPSA) is 38.3 Å². The summed E-state index contributed by atoms with van der Waals surface area (Å²) in [7, 11) is 0. The van der Waals surface area contributed by atoms with E-state index in [2.05, 4.69) is 72.9 Å². The molecule has 1 aliphatic rings. The summed E-state index contributed by atoms with van der Waals surface area (Å²) in [6, 6.07) is 8.93. The summed E-state index contributed by atoms with van der Waals surface area (Å²) in [6.45, 7) is 11.4. The number of carbonyl (C=O) groups is 1. The van der Waals surface area contributed by atoms with E-state index in [1.165, 1.54) is 24.0 Å². The summed E-state index contributed by atoms with van der Waals surface area (Å²) >= 11 is 0. The Bertz CT molecular complexity index is 778. The van der Waals surface area contributed by atoms with Gasteiger partial charge in [-0.15, -0.1) is 0 Å². The molecule has 1 fully saturated rings. The third-order valence-corrected chi connectivity index (χ3v) is 6.23. The fourth-order valence-corrected chi connectivity index (χ4v) is 4.21. The Morgan fingerprint density at radius 2 is 1.90 bits per heavy atom. The van der Waals surface area contributed by atoms with Crippen LogP contribution in [0.3, 0.4) is 0 Å². The minimum absolute atomic E-state index is 0.0937. The molecule has 0 saturated carbocycles. The van der Waals surface area contributed by atoms with Crippen molar-refractivity contribution in [3.63, 3.8) is 0 Å². The summed E-state index contributed by atoms with van der Waals surface area (Å²) < 4.78 is 9.89. The van der Waals surface area contributed by atoms with Gasteiger partial charge in [-0.2, -0.15) is 0 Å². The van der Waals surface area contributed by atoms with Crippen molar-refractivity contribution in [1.82, 2.24) is 9.47 Å².